The van der Waals surface area contributed by atoms with E-state index in [1.54, 1.807) is 0 Å². The maximum Gasteiger partial charge on any atom is 0.673 e. The molecule has 2 aromatic carbocycles. The Labute approximate surface area is 184 Å². The third-order valence-electron chi connectivity index (χ3n) is 5.95. The standard InChI is InChI=1S/C25H34N.BF4/c1-8-20-11-10-12-21(9-2)23(20)26-17-25(7,16-24(26,5)6)22-14-18(3)13-19(4)15-22;2-1(3,4)5/h10-15,17H,8-9,16H2,1-7H3;/q+1;-1. The molecule has 0 radical (unpaired) electrons. The number of para-hydroxylation sites is 1. The summed E-state index contributed by atoms with van der Waals surface area (Å²) in [7, 11) is -6.00. The topological polar surface area (TPSA) is 3.01 Å². The summed E-state index contributed by atoms with van der Waals surface area (Å²) in [4.78, 5) is 0. The summed E-state index contributed by atoms with van der Waals surface area (Å²) < 4.78 is 41.6. The molecule has 1 aliphatic rings. The zero-order valence-electron chi connectivity index (χ0n) is 19.7. The average Bonchev–Trinajstić information content (AvgIpc) is 2.88. The molecule has 0 saturated carbocycles. The van der Waals surface area contributed by atoms with Gasteiger partial charge in [0.2, 0.25) is 5.69 Å². The predicted molar refractivity (Wildman–Crippen MR) is 123 cm³/mol. The Kier molecular flexibility index (Phi) is 7.45. The second-order valence-electron chi connectivity index (χ2n) is 9.41. The minimum absolute atomic E-state index is 0.0617. The summed E-state index contributed by atoms with van der Waals surface area (Å²) in [6.45, 7) is 16.1. The molecule has 1 nitrogen and oxygen atoms in total. The number of rotatable bonds is 4. The molecule has 31 heavy (non-hydrogen) atoms. The van der Waals surface area contributed by atoms with Crippen molar-refractivity contribution >= 4 is 19.2 Å². The molecular formula is C25H34BF4N. The lowest BCUT2D eigenvalue weighted by Crippen LogP contribution is -2.31. The van der Waals surface area contributed by atoms with Crippen LogP contribution in [-0.2, 0) is 18.3 Å². The van der Waals surface area contributed by atoms with Crippen LogP contribution in [0.1, 0.15) is 68.9 Å². The van der Waals surface area contributed by atoms with Crippen molar-refractivity contribution in [1.29, 1.82) is 0 Å². The highest BCUT2D eigenvalue weighted by Gasteiger charge is 2.50. The largest absolute Gasteiger partial charge is 0.673 e. The Morgan fingerprint density at radius 3 is 1.74 bits per heavy atom. The van der Waals surface area contributed by atoms with E-state index >= 15 is 0 Å². The Balaban J connectivity index is 0.000000614. The van der Waals surface area contributed by atoms with Gasteiger partial charge in [-0.1, -0.05) is 61.4 Å². The third-order valence-corrected chi connectivity index (χ3v) is 5.95. The smallest absolute Gasteiger partial charge is 0.418 e. The molecule has 0 aromatic heterocycles. The number of hydrogen-bond acceptors (Lipinski definition) is 0. The van der Waals surface area contributed by atoms with Crippen LogP contribution >= 0.6 is 0 Å². The van der Waals surface area contributed by atoms with Crippen molar-refractivity contribution in [2.24, 2.45) is 0 Å². The van der Waals surface area contributed by atoms with Gasteiger partial charge in [0.1, 0.15) is 0 Å². The second kappa shape index (κ2) is 9.18. The Hall–Kier alpha value is -2.11. The van der Waals surface area contributed by atoms with Gasteiger partial charge < -0.3 is 17.3 Å². The second-order valence-corrected chi connectivity index (χ2v) is 9.41. The van der Waals surface area contributed by atoms with Crippen molar-refractivity contribution in [2.75, 3.05) is 0 Å². The van der Waals surface area contributed by atoms with Crippen LogP contribution in [0.4, 0.5) is 23.0 Å². The van der Waals surface area contributed by atoms with Crippen LogP contribution in [-0.4, -0.2) is 23.6 Å². The van der Waals surface area contributed by atoms with Crippen molar-refractivity contribution in [1.82, 2.24) is 0 Å². The molecule has 0 spiro atoms. The molecule has 0 bridgehead atoms. The first-order valence-electron chi connectivity index (χ1n) is 10.9. The fraction of sp³-hybridized carbons (Fsp3) is 0.480. The van der Waals surface area contributed by atoms with Crippen LogP contribution < -0.4 is 0 Å². The van der Waals surface area contributed by atoms with Crippen LogP contribution in [0.2, 0.25) is 0 Å². The zero-order valence-corrected chi connectivity index (χ0v) is 19.7. The van der Waals surface area contributed by atoms with Gasteiger partial charge in [-0.3, -0.25) is 0 Å². The molecule has 3 rings (SSSR count). The van der Waals surface area contributed by atoms with Crippen molar-refractivity contribution in [2.45, 2.75) is 78.7 Å². The van der Waals surface area contributed by atoms with Gasteiger partial charge in [-0.2, -0.15) is 4.58 Å². The number of aryl methyl sites for hydroxylation is 4. The van der Waals surface area contributed by atoms with Crippen LogP contribution in [0.5, 0.6) is 0 Å². The van der Waals surface area contributed by atoms with E-state index in [4.69, 9.17) is 0 Å². The first kappa shape index (κ1) is 25.2. The average molecular weight is 435 g/mol. The molecular weight excluding hydrogens is 401 g/mol. The highest BCUT2D eigenvalue weighted by molar-refractivity contribution is 6.50. The summed E-state index contributed by atoms with van der Waals surface area (Å²) >= 11 is 0. The fourth-order valence-corrected chi connectivity index (χ4v) is 4.86. The maximum absolute atomic E-state index is 9.75. The monoisotopic (exact) mass is 435 g/mol. The van der Waals surface area contributed by atoms with Gasteiger partial charge in [-0.05, 0) is 39.2 Å². The molecule has 170 valence electrons. The lowest BCUT2D eigenvalue weighted by molar-refractivity contribution is -0.512. The minimum atomic E-state index is -6.00. The summed E-state index contributed by atoms with van der Waals surface area (Å²) in [6.07, 6.45) is 5.78. The molecule has 6 heteroatoms. The number of nitrogens with zero attached hydrogens (tertiary/aromatic N) is 1. The Morgan fingerprint density at radius 1 is 0.871 bits per heavy atom. The third kappa shape index (κ3) is 6.21. The van der Waals surface area contributed by atoms with E-state index in [2.05, 4.69) is 95.7 Å². The SMILES string of the molecule is CCc1cccc(CC)c1[N+]1=CC(C)(c2cc(C)cc(C)c2)CC1(C)C.F[B-](F)(F)F. The van der Waals surface area contributed by atoms with E-state index in [1.165, 1.54) is 33.5 Å². The number of halogens is 4. The van der Waals surface area contributed by atoms with E-state index in [1.807, 2.05) is 0 Å². The van der Waals surface area contributed by atoms with Crippen LogP contribution in [0, 0.1) is 13.8 Å². The van der Waals surface area contributed by atoms with E-state index in [-0.39, 0.29) is 11.0 Å². The molecule has 1 heterocycles. The van der Waals surface area contributed by atoms with Crippen molar-refractivity contribution in [3.8, 4) is 0 Å². The molecule has 0 N–H and O–H groups in total. The molecule has 0 amide bonds. The van der Waals surface area contributed by atoms with E-state index in [0.29, 0.717) is 0 Å². The van der Waals surface area contributed by atoms with Crippen LogP contribution in [0.15, 0.2) is 36.4 Å². The molecule has 1 atom stereocenters. The minimum Gasteiger partial charge on any atom is -0.418 e. The molecule has 1 aliphatic heterocycles. The summed E-state index contributed by atoms with van der Waals surface area (Å²) in [5, 5.41) is 0. The lowest BCUT2D eigenvalue weighted by atomic mass is 9.76. The molecule has 0 fully saturated rings. The van der Waals surface area contributed by atoms with Crippen LogP contribution in [0.3, 0.4) is 0 Å². The zero-order chi connectivity index (χ0) is 23.6. The molecule has 2 aromatic rings. The Morgan fingerprint density at radius 2 is 1.32 bits per heavy atom. The highest BCUT2D eigenvalue weighted by atomic mass is 19.5. The van der Waals surface area contributed by atoms with Gasteiger partial charge in [0, 0.05) is 31.4 Å². The van der Waals surface area contributed by atoms with E-state index in [0.717, 1.165) is 19.3 Å². The van der Waals surface area contributed by atoms with Crippen molar-refractivity contribution in [3.05, 3.63) is 64.2 Å². The van der Waals surface area contributed by atoms with Gasteiger partial charge in [0.05, 0.1) is 5.41 Å². The van der Waals surface area contributed by atoms with Crippen molar-refractivity contribution < 1.29 is 21.8 Å². The Bertz CT molecular complexity index is 914. The van der Waals surface area contributed by atoms with Gasteiger partial charge in [-0.15, -0.1) is 0 Å². The summed E-state index contributed by atoms with van der Waals surface area (Å²) in [6, 6.07) is 13.8. The first-order chi connectivity index (χ1) is 14.2. The predicted octanol–water partition coefficient (Wildman–Crippen LogP) is 7.58. The number of hydrogen-bond donors (Lipinski definition) is 0. The lowest BCUT2D eigenvalue weighted by Gasteiger charge is -2.23. The van der Waals surface area contributed by atoms with Gasteiger partial charge >= 0.3 is 7.25 Å². The van der Waals surface area contributed by atoms with Gasteiger partial charge in [-0.25, -0.2) is 0 Å². The van der Waals surface area contributed by atoms with E-state index < -0.39 is 7.25 Å². The summed E-state index contributed by atoms with van der Waals surface area (Å²) in [5.74, 6) is 0. The maximum atomic E-state index is 9.75. The summed E-state index contributed by atoms with van der Waals surface area (Å²) in [5.41, 5.74) is 8.67. The normalized spacial score (nSPS) is 20.2. The quantitative estimate of drug-likeness (QED) is 0.265. The van der Waals surface area contributed by atoms with Crippen LogP contribution in [0.25, 0.3) is 0 Å². The van der Waals surface area contributed by atoms with Gasteiger partial charge in [0.15, 0.2) is 11.8 Å². The van der Waals surface area contributed by atoms with Gasteiger partial charge in [0.25, 0.3) is 0 Å². The molecule has 1 unspecified atom stereocenters. The highest BCUT2D eigenvalue weighted by Crippen LogP contribution is 2.43. The molecule has 0 aliphatic carbocycles. The number of benzene rings is 2. The van der Waals surface area contributed by atoms with E-state index in [9.17, 15) is 17.3 Å². The first-order valence-corrected chi connectivity index (χ1v) is 10.9. The fourth-order valence-electron chi connectivity index (χ4n) is 4.86. The molecule has 0 saturated heterocycles. The van der Waals surface area contributed by atoms with Crippen molar-refractivity contribution in [3.63, 3.8) is 0 Å².